The molecule has 0 aliphatic heterocycles. The number of rotatable bonds is 2. The van der Waals surface area contributed by atoms with Gasteiger partial charge in [-0.2, -0.15) is 0 Å². The molecule has 0 radical (unpaired) electrons. The van der Waals surface area contributed by atoms with Crippen LogP contribution in [0.25, 0.3) is 0 Å². The van der Waals surface area contributed by atoms with Crippen LogP contribution in [-0.4, -0.2) is 23.2 Å². The Labute approximate surface area is 110 Å². The highest BCUT2D eigenvalue weighted by Crippen LogP contribution is 2.31. The van der Waals surface area contributed by atoms with E-state index < -0.39 is 11.7 Å². The van der Waals surface area contributed by atoms with Gasteiger partial charge in [-0.05, 0) is 24.3 Å². The largest absolute Gasteiger partial charge is 0.504 e. The summed E-state index contributed by atoms with van der Waals surface area (Å²) in [6, 6.07) is 11.1. The number of para-hydroxylation sites is 3. The number of nitrogens with zero attached hydrogens (tertiary/aromatic N) is 1. The van der Waals surface area contributed by atoms with Gasteiger partial charge in [-0.1, -0.05) is 18.2 Å². The van der Waals surface area contributed by atoms with Crippen LogP contribution < -0.4 is 10.6 Å². The Kier molecular flexibility index (Phi) is 3.29. The number of nitrogens with two attached hydrogens (primary N) is 1. The number of carbonyl (C=O) groups excluding carboxylic acids is 1. The molecule has 2 aromatic carbocycles. The minimum Gasteiger partial charge on any atom is -0.504 e. The molecule has 0 atom stereocenters. The van der Waals surface area contributed by atoms with Crippen LogP contribution in [0.4, 0.5) is 11.4 Å². The first kappa shape index (κ1) is 12.8. The van der Waals surface area contributed by atoms with Crippen LogP contribution in [0.2, 0.25) is 0 Å². The normalized spacial score (nSPS) is 10.2. The van der Waals surface area contributed by atoms with E-state index in [4.69, 9.17) is 5.73 Å². The van der Waals surface area contributed by atoms with E-state index in [1.165, 1.54) is 23.1 Å². The summed E-state index contributed by atoms with van der Waals surface area (Å²) in [6.45, 7) is 0. The van der Waals surface area contributed by atoms with Crippen molar-refractivity contribution in [2.24, 2.45) is 0 Å². The monoisotopic (exact) mass is 258 g/mol. The van der Waals surface area contributed by atoms with E-state index in [0.29, 0.717) is 11.4 Å². The van der Waals surface area contributed by atoms with Gasteiger partial charge in [0.2, 0.25) is 0 Å². The first-order valence-corrected chi connectivity index (χ1v) is 5.66. The molecule has 0 bridgehead atoms. The number of nitrogen functional groups attached to an aromatic ring is 1. The van der Waals surface area contributed by atoms with Crippen molar-refractivity contribution in [1.29, 1.82) is 0 Å². The lowest BCUT2D eigenvalue weighted by atomic mass is 10.1. The molecule has 19 heavy (non-hydrogen) atoms. The van der Waals surface area contributed by atoms with Crippen molar-refractivity contribution in [3.05, 3.63) is 48.0 Å². The van der Waals surface area contributed by atoms with Crippen LogP contribution in [0, 0.1) is 0 Å². The highest BCUT2D eigenvalue weighted by atomic mass is 16.3. The third-order valence-electron chi connectivity index (χ3n) is 2.85. The van der Waals surface area contributed by atoms with Crippen molar-refractivity contribution < 1.29 is 15.0 Å². The van der Waals surface area contributed by atoms with E-state index in [2.05, 4.69) is 0 Å². The summed E-state index contributed by atoms with van der Waals surface area (Å²) in [7, 11) is 1.55. The van der Waals surface area contributed by atoms with E-state index in [-0.39, 0.29) is 11.3 Å². The molecular formula is C14H14N2O3. The van der Waals surface area contributed by atoms with E-state index in [1.54, 1.807) is 31.3 Å². The lowest BCUT2D eigenvalue weighted by Gasteiger charge is -2.19. The molecule has 0 saturated carbocycles. The van der Waals surface area contributed by atoms with E-state index in [9.17, 15) is 15.0 Å². The number of hydrogen-bond acceptors (Lipinski definition) is 4. The van der Waals surface area contributed by atoms with E-state index >= 15 is 0 Å². The number of phenolic OH excluding ortho intramolecular Hbond substituents is 2. The summed E-state index contributed by atoms with van der Waals surface area (Å²) in [6.07, 6.45) is 0. The summed E-state index contributed by atoms with van der Waals surface area (Å²) in [5, 5.41) is 19.1. The lowest BCUT2D eigenvalue weighted by Crippen LogP contribution is -2.27. The first-order valence-electron chi connectivity index (χ1n) is 5.66. The smallest absolute Gasteiger partial charge is 0.261 e. The fourth-order valence-corrected chi connectivity index (χ4v) is 1.79. The Hall–Kier alpha value is -2.69. The van der Waals surface area contributed by atoms with Crippen LogP contribution in [-0.2, 0) is 0 Å². The summed E-state index contributed by atoms with van der Waals surface area (Å²) in [4.78, 5) is 13.6. The first-order chi connectivity index (χ1) is 9.02. The Morgan fingerprint density at radius 3 is 2.47 bits per heavy atom. The fourth-order valence-electron chi connectivity index (χ4n) is 1.79. The molecule has 0 saturated heterocycles. The van der Waals surface area contributed by atoms with E-state index in [0.717, 1.165) is 0 Å². The van der Waals surface area contributed by atoms with Crippen LogP contribution >= 0.6 is 0 Å². The molecule has 0 fully saturated rings. The second-order valence-electron chi connectivity index (χ2n) is 4.10. The van der Waals surface area contributed by atoms with E-state index in [1.807, 2.05) is 0 Å². The van der Waals surface area contributed by atoms with Gasteiger partial charge < -0.3 is 20.8 Å². The van der Waals surface area contributed by atoms with Crippen molar-refractivity contribution in [3.63, 3.8) is 0 Å². The highest BCUT2D eigenvalue weighted by Gasteiger charge is 2.19. The highest BCUT2D eigenvalue weighted by molar-refractivity contribution is 6.09. The molecular weight excluding hydrogens is 244 g/mol. The SMILES string of the molecule is CN(C(=O)c1cccc(O)c1O)c1ccccc1N. The molecule has 2 rings (SSSR count). The molecule has 4 N–H and O–H groups in total. The fraction of sp³-hybridized carbons (Fsp3) is 0.0714. The molecule has 98 valence electrons. The summed E-state index contributed by atoms with van der Waals surface area (Å²) in [5.74, 6) is -1.22. The summed E-state index contributed by atoms with van der Waals surface area (Å²) >= 11 is 0. The Balaban J connectivity index is 2.40. The molecule has 0 aliphatic rings. The predicted molar refractivity (Wildman–Crippen MR) is 73.4 cm³/mol. The number of anilines is 2. The van der Waals surface area contributed by atoms with Crippen molar-refractivity contribution >= 4 is 17.3 Å². The molecule has 5 nitrogen and oxygen atoms in total. The van der Waals surface area contributed by atoms with Gasteiger partial charge in [0.15, 0.2) is 11.5 Å². The number of aromatic hydroxyl groups is 2. The van der Waals surface area contributed by atoms with Crippen molar-refractivity contribution in [1.82, 2.24) is 0 Å². The minimum absolute atomic E-state index is 0.0192. The number of amides is 1. The maximum Gasteiger partial charge on any atom is 0.261 e. The van der Waals surface area contributed by atoms with Gasteiger partial charge in [0.1, 0.15) is 0 Å². The summed E-state index contributed by atoms with van der Waals surface area (Å²) in [5.41, 5.74) is 6.81. The molecule has 1 amide bonds. The van der Waals surface area contributed by atoms with Crippen molar-refractivity contribution in [2.45, 2.75) is 0 Å². The Bertz CT molecular complexity index is 626. The summed E-state index contributed by atoms with van der Waals surface area (Å²) < 4.78 is 0. The van der Waals surface area contributed by atoms with Gasteiger partial charge in [-0.3, -0.25) is 4.79 Å². The van der Waals surface area contributed by atoms with Gasteiger partial charge in [0, 0.05) is 7.05 Å². The molecule has 0 heterocycles. The average Bonchev–Trinajstić information content (AvgIpc) is 2.41. The number of carbonyl (C=O) groups is 1. The molecule has 5 heteroatoms. The van der Waals surface area contributed by atoms with Gasteiger partial charge >= 0.3 is 0 Å². The van der Waals surface area contributed by atoms with Crippen LogP contribution in [0.3, 0.4) is 0 Å². The second-order valence-corrected chi connectivity index (χ2v) is 4.10. The predicted octanol–water partition coefficient (Wildman–Crippen LogP) is 1.96. The van der Waals surface area contributed by atoms with Crippen LogP contribution in [0.5, 0.6) is 11.5 Å². The number of hydrogen-bond donors (Lipinski definition) is 3. The minimum atomic E-state index is -0.452. The van der Waals surface area contributed by atoms with Gasteiger partial charge in [0.25, 0.3) is 5.91 Å². The topological polar surface area (TPSA) is 86.8 Å². The maximum absolute atomic E-state index is 12.3. The zero-order valence-electron chi connectivity index (χ0n) is 10.4. The lowest BCUT2D eigenvalue weighted by molar-refractivity contribution is 0.0990. The van der Waals surface area contributed by atoms with Crippen molar-refractivity contribution in [2.75, 3.05) is 17.7 Å². The molecule has 0 unspecified atom stereocenters. The molecule has 2 aromatic rings. The number of benzene rings is 2. The quantitative estimate of drug-likeness (QED) is 0.567. The zero-order valence-corrected chi connectivity index (χ0v) is 10.4. The van der Waals surface area contributed by atoms with Crippen molar-refractivity contribution in [3.8, 4) is 11.5 Å². The zero-order chi connectivity index (χ0) is 14.0. The number of phenols is 2. The van der Waals surface area contributed by atoms with Crippen LogP contribution in [0.15, 0.2) is 42.5 Å². The van der Waals surface area contributed by atoms with Gasteiger partial charge in [0.05, 0.1) is 16.9 Å². The second kappa shape index (κ2) is 4.89. The van der Waals surface area contributed by atoms with Gasteiger partial charge in [-0.25, -0.2) is 0 Å². The third-order valence-corrected chi connectivity index (χ3v) is 2.85. The Morgan fingerprint density at radius 1 is 1.11 bits per heavy atom. The Morgan fingerprint density at radius 2 is 1.79 bits per heavy atom. The third kappa shape index (κ3) is 2.30. The van der Waals surface area contributed by atoms with Crippen LogP contribution in [0.1, 0.15) is 10.4 Å². The molecule has 0 spiro atoms. The van der Waals surface area contributed by atoms with Gasteiger partial charge in [-0.15, -0.1) is 0 Å². The molecule has 0 aromatic heterocycles. The standard InChI is InChI=1S/C14H14N2O3/c1-16(11-7-3-2-6-10(11)15)14(19)9-5-4-8-12(17)13(9)18/h2-8,17-18H,15H2,1H3. The average molecular weight is 258 g/mol. The molecule has 0 aliphatic carbocycles. The maximum atomic E-state index is 12.3.